The van der Waals surface area contributed by atoms with E-state index in [2.05, 4.69) is 10.5 Å². The summed E-state index contributed by atoms with van der Waals surface area (Å²) in [6.07, 6.45) is -3.22. The number of hydrogen-bond donors (Lipinski definition) is 3. The number of halogens is 3. The van der Waals surface area contributed by atoms with Crippen LogP contribution in [0.4, 0.5) is 13.2 Å². The number of aromatic hydroxyl groups is 1. The van der Waals surface area contributed by atoms with E-state index in [1.165, 1.54) is 12.1 Å². The Balaban J connectivity index is 1.77. The van der Waals surface area contributed by atoms with Crippen molar-refractivity contribution in [2.75, 3.05) is 6.61 Å². The predicted molar refractivity (Wildman–Crippen MR) is 84.8 cm³/mol. The largest absolute Gasteiger partial charge is 0.504 e. The summed E-state index contributed by atoms with van der Waals surface area (Å²) in [5.74, 6) is -2.19. The van der Waals surface area contributed by atoms with Crippen LogP contribution >= 0.6 is 0 Å². The van der Waals surface area contributed by atoms with Crippen LogP contribution in [0.2, 0.25) is 0 Å². The van der Waals surface area contributed by atoms with Gasteiger partial charge in [0.25, 0.3) is 11.8 Å². The molecule has 1 aromatic heterocycles. The third-order valence-electron chi connectivity index (χ3n) is 3.89. The number of para-hydroxylation sites is 1. The molecule has 2 heterocycles. The molecule has 1 aromatic carbocycles. The number of nitrogens with one attached hydrogen (secondary N) is 2. The third-order valence-corrected chi connectivity index (χ3v) is 3.89. The van der Waals surface area contributed by atoms with Crippen LogP contribution < -0.4 is 10.9 Å². The summed E-state index contributed by atoms with van der Waals surface area (Å²) < 4.78 is 45.2. The maximum absolute atomic E-state index is 13.1. The van der Waals surface area contributed by atoms with Crippen LogP contribution in [0.15, 0.2) is 30.5 Å². The van der Waals surface area contributed by atoms with Crippen molar-refractivity contribution >= 4 is 11.8 Å². The second-order valence-electron chi connectivity index (χ2n) is 5.77. The lowest BCUT2D eigenvalue weighted by molar-refractivity contribution is -0.137. The molecule has 1 atom stereocenters. The fraction of sp³-hybridized carbons (Fsp3) is 0.312. The maximum atomic E-state index is 13.1. The lowest BCUT2D eigenvalue weighted by Gasteiger charge is -2.12. The van der Waals surface area contributed by atoms with Gasteiger partial charge in [0.05, 0.1) is 17.4 Å². The Morgan fingerprint density at radius 3 is 2.67 bits per heavy atom. The molecule has 1 aliphatic heterocycles. The van der Waals surface area contributed by atoms with E-state index in [4.69, 9.17) is 4.74 Å². The number of hydrogen-bond acceptors (Lipinski definition) is 5. The summed E-state index contributed by atoms with van der Waals surface area (Å²) in [6.45, 7) is 0.440. The lowest BCUT2D eigenvalue weighted by atomic mass is 10.2. The predicted octanol–water partition coefficient (Wildman–Crippen LogP) is 1.54. The second-order valence-corrected chi connectivity index (χ2v) is 5.77. The van der Waals surface area contributed by atoms with E-state index >= 15 is 0 Å². The van der Waals surface area contributed by atoms with Gasteiger partial charge in [-0.15, -0.1) is 0 Å². The van der Waals surface area contributed by atoms with Crippen LogP contribution in [-0.2, 0) is 15.7 Å². The first-order chi connectivity index (χ1) is 12.8. The van der Waals surface area contributed by atoms with E-state index in [9.17, 15) is 27.9 Å². The third kappa shape index (κ3) is 4.03. The molecule has 0 saturated carbocycles. The van der Waals surface area contributed by atoms with Gasteiger partial charge < -0.3 is 9.84 Å². The highest BCUT2D eigenvalue weighted by atomic mass is 19.4. The van der Waals surface area contributed by atoms with E-state index < -0.39 is 41.1 Å². The van der Waals surface area contributed by atoms with Crippen LogP contribution in [-0.4, -0.2) is 39.4 Å². The number of carbonyl (C=O) groups excluding carboxylic acids is 2. The fourth-order valence-corrected chi connectivity index (χ4v) is 2.61. The molecule has 3 N–H and O–H groups in total. The van der Waals surface area contributed by atoms with Crippen molar-refractivity contribution in [2.45, 2.75) is 25.1 Å². The van der Waals surface area contributed by atoms with Gasteiger partial charge in [0.1, 0.15) is 6.10 Å². The van der Waals surface area contributed by atoms with E-state index in [1.807, 2.05) is 5.43 Å². The zero-order valence-corrected chi connectivity index (χ0v) is 13.8. The zero-order chi connectivity index (χ0) is 19.6. The van der Waals surface area contributed by atoms with Crippen LogP contribution in [0.3, 0.4) is 0 Å². The van der Waals surface area contributed by atoms with Crippen LogP contribution in [0, 0.1) is 0 Å². The Hall–Kier alpha value is -3.08. The fourth-order valence-electron chi connectivity index (χ4n) is 2.61. The first-order valence-electron chi connectivity index (χ1n) is 7.94. The van der Waals surface area contributed by atoms with Crippen LogP contribution in [0.1, 0.15) is 28.9 Å². The number of alkyl halides is 3. The number of ether oxygens (including phenoxy) is 1. The molecule has 8 nitrogen and oxygen atoms in total. The quantitative estimate of drug-likeness (QED) is 0.696. The SMILES string of the molecule is O=C(NNC(=O)[C@H]1CCCO1)c1nn(-c2ccccc2C(F)(F)F)cc1O. The molecule has 27 heavy (non-hydrogen) atoms. The van der Waals surface area contributed by atoms with Gasteiger partial charge >= 0.3 is 6.18 Å². The molecule has 0 aliphatic carbocycles. The Labute approximate surface area is 150 Å². The first-order valence-corrected chi connectivity index (χ1v) is 7.94. The molecule has 1 fully saturated rings. The topological polar surface area (TPSA) is 105 Å². The van der Waals surface area contributed by atoms with Gasteiger partial charge in [-0.25, -0.2) is 4.68 Å². The number of amides is 2. The first kappa shape index (κ1) is 18.7. The minimum atomic E-state index is -4.64. The number of carbonyl (C=O) groups is 2. The second kappa shape index (κ2) is 7.27. The molecule has 0 spiro atoms. The van der Waals surface area contributed by atoms with Crippen molar-refractivity contribution in [3.05, 3.63) is 41.7 Å². The van der Waals surface area contributed by atoms with Gasteiger partial charge in [-0.05, 0) is 25.0 Å². The summed E-state index contributed by atoms with van der Waals surface area (Å²) in [6, 6.07) is 4.58. The van der Waals surface area contributed by atoms with E-state index in [0.29, 0.717) is 13.0 Å². The van der Waals surface area contributed by atoms with Crippen molar-refractivity contribution in [1.82, 2.24) is 20.6 Å². The molecule has 0 unspecified atom stereocenters. The maximum Gasteiger partial charge on any atom is 0.418 e. The summed E-state index contributed by atoms with van der Waals surface area (Å²) in [5.41, 5.74) is 2.30. The van der Waals surface area contributed by atoms with Crippen LogP contribution in [0.5, 0.6) is 5.75 Å². The molecule has 3 rings (SSSR count). The monoisotopic (exact) mass is 384 g/mol. The van der Waals surface area contributed by atoms with Crippen molar-refractivity contribution in [3.8, 4) is 11.4 Å². The molecule has 144 valence electrons. The van der Waals surface area contributed by atoms with Crippen molar-refractivity contribution < 1.29 is 32.6 Å². The molecule has 0 bridgehead atoms. The van der Waals surface area contributed by atoms with Gasteiger partial charge in [-0.1, -0.05) is 12.1 Å². The van der Waals surface area contributed by atoms with Gasteiger partial charge in [0, 0.05) is 6.61 Å². The standard InChI is InChI=1S/C16H15F3N4O4/c17-16(18,19)9-4-1-2-5-10(9)23-8-11(24)13(22-23)15(26)21-20-14(25)12-6-3-7-27-12/h1-2,4-5,8,12,24H,3,6-7H2,(H,20,25)(H,21,26)/t12-/m1/s1. The number of aromatic nitrogens is 2. The number of nitrogens with zero attached hydrogens (tertiary/aromatic N) is 2. The molecule has 1 aliphatic rings. The molecule has 2 amide bonds. The number of rotatable bonds is 3. The number of hydrazine groups is 1. The van der Waals surface area contributed by atoms with Crippen molar-refractivity contribution in [2.24, 2.45) is 0 Å². The van der Waals surface area contributed by atoms with E-state index in [-0.39, 0.29) is 5.69 Å². The molecular formula is C16H15F3N4O4. The Kier molecular flexibility index (Phi) is 5.04. The highest BCUT2D eigenvalue weighted by Crippen LogP contribution is 2.34. The molecule has 11 heteroatoms. The molecule has 1 saturated heterocycles. The zero-order valence-electron chi connectivity index (χ0n) is 13.8. The summed E-state index contributed by atoms with van der Waals surface area (Å²) >= 11 is 0. The Morgan fingerprint density at radius 1 is 1.26 bits per heavy atom. The normalized spacial score (nSPS) is 16.9. The Bertz CT molecular complexity index is 860. The van der Waals surface area contributed by atoms with E-state index in [0.717, 1.165) is 29.4 Å². The van der Waals surface area contributed by atoms with Crippen molar-refractivity contribution in [1.29, 1.82) is 0 Å². The summed E-state index contributed by atoms with van der Waals surface area (Å²) in [5, 5.41) is 13.6. The van der Waals surface area contributed by atoms with Gasteiger partial charge in [-0.2, -0.15) is 18.3 Å². The Morgan fingerprint density at radius 2 is 2.00 bits per heavy atom. The highest BCUT2D eigenvalue weighted by Gasteiger charge is 2.34. The smallest absolute Gasteiger partial charge is 0.418 e. The minimum absolute atomic E-state index is 0.359. The molecule has 0 radical (unpaired) electrons. The summed E-state index contributed by atoms with van der Waals surface area (Å²) in [7, 11) is 0. The molecular weight excluding hydrogens is 369 g/mol. The average Bonchev–Trinajstić information content (AvgIpc) is 3.28. The van der Waals surface area contributed by atoms with Crippen molar-refractivity contribution in [3.63, 3.8) is 0 Å². The van der Waals surface area contributed by atoms with Gasteiger partial charge in [0.2, 0.25) is 0 Å². The van der Waals surface area contributed by atoms with Gasteiger partial charge in [-0.3, -0.25) is 20.4 Å². The highest BCUT2D eigenvalue weighted by molar-refractivity contribution is 5.96. The molecule has 2 aromatic rings. The average molecular weight is 384 g/mol. The minimum Gasteiger partial charge on any atom is -0.504 e. The number of benzene rings is 1. The summed E-state index contributed by atoms with van der Waals surface area (Å²) in [4.78, 5) is 23.9. The van der Waals surface area contributed by atoms with E-state index in [1.54, 1.807) is 0 Å². The lowest BCUT2D eigenvalue weighted by Crippen LogP contribution is -2.46. The van der Waals surface area contributed by atoms with Gasteiger partial charge in [0.15, 0.2) is 11.4 Å². The van der Waals surface area contributed by atoms with Crippen LogP contribution in [0.25, 0.3) is 5.69 Å².